The van der Waals surface area contributed by atoms with Gasteiger partial charge in [-0.1, -0.05) is 30.3 Å². The Kier molecular flexibility index (Phi) is 4.35. The Morgan fingerprint density at radius 1 is 1.37 bits per heavy atom. The van der Waals surface area contributed by atoms with Gasteiger partial charge in [0, 0.05) is 13.1 Å². The molecule has 2 N–H and O–H groups in total. The number of morpholine rings is 1. The number of carbonyl (C=O) groups excluding carboxylic acids is 1. The average molecular weight is 264 g/mol. The monoisotopic (exact) mass is 264 g/mol. The standard InChI is InChI=1S/C13H16N2O4/c16-12(17)11-9-19-7-6-15(11)13(18)14-8-10-4-2-1-3-5-10/h1-5,11H,6-9H2,(H,14,18)(H,16,17). The second-order valence-corrected chi connectivity index (χ2v) is 4.27. The Bertz CT molecular complexity index is 449. The van der Waals surface area contributed by atoms with E-state index >= 15 is 0 Å². The van der Waals surface area contributed by atoms with Crippen LogP contribution in [0.25, 0.3) is 0 Å². The Labute approximate surface area is 111 Å². The van der Waals surface area contributed by atoms with Crippen LogP contribution in [0.1, 0.15) is 5.56 Å². The van der Waals surface area contributed by atoms with Crippen LogP contribution in [-0.2, 0) is 16.1 Å². The maximum Gasteiger partial charge on any atom is 0.328 e. The molecule has 6 nitrogen and oxygen atoms in total. The second-order valence-electron chi connectivity index (χ2n) is 4.27. The van der Waals surface area contributed by atoms with E-state index in [2.05, 4.69) is 5.32 Å². The fraction of sp³-hybridized carbons (Fsp3) is 0.385. The number of amides is 2. The lowest BCUT2D eigenvalue weighted by atomic mass is 10.2. The number of ether oxygens (including phenoxy) is 1. The predicted octanol–water partition coefficient (Wildman–Crippen LogP) is 0.682. The van der Waals surface area contributed by atoms with Crippen molar-refractivity contribution in [2.45, 2.75) is 12.6 Å². The number of aliphatic carboxylic acids is 1. The summed E-state index contributed by atoms with van der Waals surface area (Å²) >= 11 is 0. The van der Waals surface area contributed by atoms with E-state index in [0.717, 1.165) is 5.56 Å². The summed E-state index contributed by atoms with van der Waals surface area (Å²) in [6.45, 7) is 1.07. The SMILES string of the molecule is O=C(O)C1COCCN1C(=O)NCc1ccccc1. The van der Waals surface area contributed by atoms with E-state index < -0.39 is 12.0 Å². The van der Waals surface area contributed by atoms with Crippen molar-refractivity contribution < 1.29 is 19.4 Å². The number of carboxylic acids is 1. The van der Waals surface area contributed by atoms with Gasteiger partial charge >= 0.3 is 12.0 Å². The van der Waals surface area contributed by atoms with E-state index in [-0.39, 0.29) is 19.2 Å². The van der Waals surface area contributed by atoms with Crippen LogP contribution in [0.15, 0.2) is 30.3 Å². The third kappa shape index (κ3) is 3.45. The van der Waals surface area contributed by atoms with Gasteiger partial charge in [-0.2, -0.15) is 0 Å². The molecule has 1 aliphatic rings. The molecule has 1 fully saturated rings. The second kappa shape index (κ2) is 6.19. The molecule has 0 radical (unpaired) electrons. The number of nitrogens with one attached hydrogen (secondary N) is 1. The number of carboxylic acid groups (broad SMARTS) is 1. The minimum atomic E-state index is -1.05. The summed E-state index contributed by atoms with van der Waals surface area (Å²) in [4.78, 5) is 24.3. The highest BCUT2D eigenvalue weighted by Gasteiger charge is 2.32. The number of nitrogens with zero attached hydrogens (tertiary/aromatic N) is 1. The summed E-state index contributed by atoms with van der Waals surface area (Å²) in [5.74, 6) is -1.05. The number of rotatable bonds is 3. The fourth-order valence-electron chi connectivity index (χ4n) is 1.93. The lowest BCUT2D eigenvalue weighted by Gasteiger charge is -2.32. The van der Waals surface area contributed by atoms with Crippen molar-refractivity contribution in [3.8, 4) is 0 Å². The van der Waals surface area contributed by atoms with Gasteiger partial charge in [0.1, 0.15) is 0 Å². The summed E-state index contributed by atoms with van der Waals surface area (Å²) in [5, 5.41) is 11.8. The first kappa shape index (κ1) is 13.4. The molecule has 0 aromatic heterocycles. The number of carbonyl (C=O) groups is 2. The van der Waals surface area contributed by atoms with Gasteiger partial charge in [-0.3, -0.25) is 0 Å². The van der Waals surface area contributed by atoms with Crippen LogP contribution in [0.5, 0.6) is 0 Å². The summed E-state index contributed by atoms with van der Waals surface area (Å²) in [7, 11) is 0. The number of urea groups is 1. The minimum absolute atomic E-state index is 0.0358. The Morgan fingerprint density at radius 2 is 2.11 bits per heavy atom. The van der Waals surface area contributed by atoms with Crippen molar-refractivity contribution in [3.05, 3.63) is 35.9 Å². The zero-order chi connectivity index (χ0) is 13.7. The van der Waals surface area contributed by atoms with Crippen LogP contribution >= 0.6 is 0 Å². The van der Waals surface area contributed by atoms with Gasteiger partial charge in [-0.15, -0.1) is 0 Å². The van der Waals surface area contributed by atoms with E-state index in [4.69, 9.17) is 9.84 Å². The molecule has 0 aliphatic carbocycles. The maximum atomic E-state index is 12.0. The molecule has 0 bridgehead atoms. The van der Waals surface area contributed by atoms with Gasteiger partial charge in [-0.05, 0) is 5.56 Å². The largest absolute Gasteiger partial charge is 0.480 e. The van der Waals surface area contributed by atoms with Crippen molar-refractivity contribution in [1.29, 1.82) is 0 Å². The molecule has 2 rings (SSSR count). The normalized spacial score (nSPS) is 18.9. The summed E-state index contributed by atoms with van der Waals surface area (Å²) in [6.07, 6.45) is 0. The third-order valence-electron chi connectivity index (χ3n) is 2.96. The fourth-order valence-corrected chi connectivity index (χ4v) is 1.93. The summed E-state index contributed by atoms with van der Waals surface area (Å²) in [5.41, 5.74) is 0.969. The van der Waals surface area contributed by atoms with Crippen molar-refractivity contribution in [1.82, 2.24) is 10.2 Å². The van der Waals surface area contributed by atoms with E-state index in [1.54, 1.807) is 0 Å². The van der Waals surface area contributed by atoms with E-state index in [1.807, 2.05) is 30.3 Å². The van der Waals surface area contributed by atoms with E-state index in [1.165, 1.54) is 4.90 Å². The van der Waals surface area contributed by atoms with Gasteiger partial charge < -0.3 is 20.1 Å². The molecule has 19 heavy (non-hydrogen) atoms. The molecule has 2 amide bonds. The maximum absolute atomic E-state index is 12.0. The van der Waals surface area contributed by atoms with Gasteiger partial charge in [0.25, 0.3) is 0 Å². The molecule has 1 saturated heterocycles. The predicted molar refractivity (Wildman–Crippen MR) is 67.6 cm³/mol. The number of hydrogen-bond acceptors (Lipinski definition) is 3. The molecular weight excluding hydrogens is 248 g/mol. The van der Waals surface area contributed by atoms with E-state index in [9.17, 15) is 9.59 Å². The van der Waals surface area contributed by atoms with Crippen molar-refractivity contribution in [2.24, 2.45) is 0 Å². The zero-order valence-corrected chi connectivity index (χ0v) is 10.4. The molecule has 1 aliphatic heterocycles. The van der Waals surface area contributed by atoms with Crippen LogP contribution < -0.4 is 5.32 Å². The Morgan fingerprint density at radius 3 is 2.79 bits per heavy atom. The number of benzene rings is 1. The van der Waals surface area contributed by atoms with Crippen LogP contribution in [0, 0.1) is 0 Å². The first-order chi connectivity index (χ1) is 9.18. The quantitative estimate of drug-likeness (QED) is 0.841. The molecule has 1 unspecified atom stereocenters. The third-order valence-corrected chi connectivity index (χ3v) is 2.96. The van der Waals surface area contributed by atoms with Crippen molar-refractivity contribution >= 4 is 12.0 Å². The van der Waals surface area contributed by atoms with Crippen molar-refractivity contribution in [2.75, 3.05) is 19.8 Å². The molecule has 6 heteroatoms. The number of hydrogen-bond donors (Lipinski definition) is 2. The lowest BCUT2D eigenvalue weighted by Crippen LogP contribution is -2.55. The lowest BCUT2D eigenvalue weighted by molar-refractivity contribution is -0.147. The van der Waals surface area contributed by atoms with Gasteiger partial charge in [0.2, 0.25) is 0 Å². The molecule has 0 saturated carbocycles. The molecule has 0 spiro atoms. The Hall–Kier alpha value is -2.08. The summed E-state index contributed by atoms with van der Waals surface area (Å²) < 4.78 is 5.08. The minimum Gasteiger partial charge on any atom is -0.480 e. The van der Waals surface area contributed by atoms with Crippen molar-refractivity contribution in [3.63, 3.8) is 0 Å². The average Bonchev–Trinajstić information content (AvgIpc) is 2.46. The van der Waals surface area contributed by atoms with Gasteiger partial charge in [0.15, 0.2) is 6.04 Å². The molecule has 102 valence electrons. The van der Waals surface area contributed by atoms with Crippen LogP contribution in [0.3, 0.4) is 0 Å². The summed E-state index contributed by atoms with van der Waals surface area (Å²) in [6, 6.07) is 8.17. The van der Waals surface area contributed by atoms with Gasteiger partial charge in [0.05, 0.1) is 13.2 Å². The molecule has 1 aromatic rings. The molecular formula is C13H16N2O4. The zero-order valence-electron chi connectivity index (χ0n) is 10.4. The highest BCUT2D eigenvalue weighted by Crippen LogP contribution is 2.08. The van der Waals surface area contributed by atoms with Gasteiger partial charge in [-0.25, -0.2) is 9.59 Å². The highest BCUT2D eigenvalue weighted by molar-refractivity contribution is 5.83. The molecule has 1 atom stereocenters. The first-order valence-electron chi connectivity index (χ1n) is 6.07. The van der Waals surface area contributed by atoms with Crippen LogP contribution in [0.4, 0.5) is 4.79 Å². The molecule has 1 heterocycles. The highest BCUT2D eigenvalue weighted by atomic mass is 16.5. The van der Waals surface area contributed by atoms with Crippen LogP contribution in [-0.4, -0.2) is 47.8 Å². The first-order valence-corrected chi connectivity index (χ1v) is 6.07. The van der Waals surface area contributed by atoms with Crippen LogP contribution in [0.2, 0.25) is 0 Å². The molecule has 1 aromatic carbocycles. The topological polar surface area (TPSA) is 78.9 Å². The Balaban J connectivity index is 1.93. The smallest absolute Gasteiger partial charge is 0.328 e. The van der Waals surface area contributed by atoms with E-state index in [0.29, 0.717) is 13.2 Å².